The molecule has 6 aliphatic rings. The molecule has 0 aromatic carbocycles. The maximum atomic E-state index is 12.4. The lowest BCUT2D eigenvalue weighted by Crippen LogP contribution is -2.76. The summed E-state index contributed by atoms with van der Waals surface area (Å²) < 4.78 is 16.7. The van der Waals surface area contributed by atoms with Crippen molar-refractivity contribution in [3.05, 3.63) is 11.6 Å². The van der Waals surface area contributed by atoms with E-state index >= 15 is 0 Å². The third kappa shape index (κ3) is 3.99. The van der Waals surface area contributed by atoms with E-state index in [1.807, 2.05) is 6.92 Å². The monoisotopic (exact) mass is 584 g/mol. The number of carbonyl (C=O) groups is 1. The number of rotatable bonds is 4. The van der Waals surface area contributed by atoms with E-state index in [9.17, 15) is 45.6 Å². The molecule has 15 atom stereocenters. The highest BCUT2D eigenvalue weighted by Gasteiger charge is 2.75. The van der Waals surface area contributed by atoms with Gasteiger partial charge in [-0.05, 0) is 56.4 Å². The van der Waals surface area contributed by atoms with E-state index in [1.54, 1.807) is 0 Å². The van der Waals surface area contributed by atoms with E-state index in [1.165, 1.54) is 13.0 Å². The van der Waals surface area contributed by atoms with Crippen molar-refractivity contribution in [1.82, 2.24) is 0 Å². The van der Waals surface area contributed by atoms with Crippen LogP contribution in [0, 0.1) is 28.6 Å². The zero-order valence-electron chi connectivity index (χ0n) is 23.5. The molecule has 0 aromatic rings. The maximum Gasteiger partial charge on any atom is 0.331 e. The minimum Gasteiger partial charge on any atom is -0.458 e. The van der Waals surface area contributed by atoms with Crippen LogP contribution in [-0.4, -0.2) is 120 Å². The fourth-order valence-corrected chi connectivity index (χ4v) is 10.1. The average molecular weight is 585 g/mol. The second-order valence-corrected chi connectivity index (χ2v) is 13.8. The molecule has 4 aliphatic carbocycles. The molecule has 3 unspecified atom stereocenters. The number of hydrogen-bond donors (Lipinski definition) is 8. The lowest BCUT2D eigenvalue weighted by atomic mass is 9.40. The molecule has 4 saturated carbocycles. The first-order chi connectivity index (χ1) is 19.2. The van der Waals surface area contributed by atoms with Crippen LogP contribution in [0.3, 0.4) is 0 Å². The minimum atomic E-state index is -1.67. The molecule has 0 radical (unpaired) electrons. The fraction of sp³-hybridized carbons (Fsp3) is 0.897. The highest BCUT2D eigenvalue weighted by Crippen LogP contribution is 2.70. The summed E-state index contributed by atoms with van der Waals surface area (Å²) in [5, 5.41) is 89.6. The number of ether oxygens (including phenoxy) is 3. The standard InChI is InChI=1S/C29H44O12/c1-13-22(34)23(35)24(36)25(40-13)41-15-8-19(32)28(12-30)21-17(3-5-27(28,37)9-15)29(38)6-4-16(14-7-20(33)39-11-14)26(29,2)10-18(21)31/h7,13,15-19,21-25,30-32,34-38H,3-6,8-12H2,1-2H3/t13-,15+,16-,17?,18?,19-,21?,22+,23+,24+,25+,26-,27+,28-,29+/m1/s1. The molecule has 5 fully saturated rings. The van der Waals surface area contributed by atoms with Crippen LogP contribution in [0.1, 0.15) is 58.8 Å². The Hall–Kier alpha value is -1.19. The number of aliphatic hydroxyl groups is 8. The lowest BCUT2D eigenvalue weighted by molar-refractivity contribution is -0.342. The molecule has 2 heterocycles. The maximum absolute atomic E-state index is 12.4. The van der Waals surface area contributed by atoms with Gasteiger partial charge in [0.1, 0.15) is 24.9 Å². The van der Waals surface area contributed by atoms with Crippen molar-refractivity contribution < 1.29 is 59.9 Å². The number of fused-ring (bicyclic) bond motifs is 5. The molecule has 8 N–H and O–H groups in total. The summed E-state index contributed by atoms with van der Waals surface area (Å²) in [5.74, 6) is -1.93. The predicted molar refractivity (Wildman–Crippen MR) is 139 cm³/mol. The van der Waals surface area contributed by atoms with Gasteiger partial charge in [0.05, 0.1) is 47.6 Å². The molecule has 0 amide bonds. The third-order valence-electron chi connectivity index (χ3n) is 12.2. The Kier molecular flexibility index (Phi) is 7.22. The van der Waals surface area contributed by atoms with Gasteiger partial charge in [0.15, 0.2) is 6.29 Å². The van der Waals surface area contributed by atoms with Gasteiger partial charge in [-0.15, -0.1) is 0 Å². The van der Waals surface area contributed by atoms with Gasteiger partial charge >= 0.3 is 5.97 Å². The number of aliphatic hydroxyl groups excluding tert-OH is 6. The Labute approximate surface area is 238 Å². The van der Waals surface area contributed by atoms with Gasteiger partial charge in [0.25, 0.3) is 0 Å². The molecule has 0 bridgehead atoms. The fourth-order valence-electron chi connectivity index (χ4n) is 10.1. The minimum absolute atomic E-state index is 0.0369. The molecule has 2 aliphatic heterocycles. The molecule has 1 saturated heterocycles. The normalized spacial score (nSPS) is 56.9. The van der Waals surface area contributed by atoms with Gasteiger partial charge in [0.2, 0.25) is 0 Å². The van der Waals surface area contributed by atoms with Crippen molar-refractivity contribution in [3.8, 4) is 0 Å². The first kappa shape index (κ1) is 29.9. The van der Waals surface area contributed by atoms with Crippen molar-refractivity contribution in [2.24, 2.45) is 28.6 Å². The predicted octanol–water partition coefficient (Wildman–Crippen LogP) is -1.51. The highest BCUT2D eigenvalue weighted by atomic mass is 16.7. The second-order valence-electron chi connectivity index (χ2n) is 13.8. The van der Waals surface area contributed by atoms with E-state index in [-0.39, 0.29) is 38.2 Å². The summed E-state index contributed by atoms with van der Waals surface area (Å²) in [6.07, 6.45) is -6.68. The van der Waals surface area contributed by atoms with E-state index in [0.29, 0.717) is 19.3 Å². The molecular weight excluding hydrogens is 540 g/mol. The molecule has 232 valence electrons. The van der Waals surface area contributed by atoms with Crippen LogP contribution in [-0.2, 0) is 19.0 Å². The van der Waals surface area contributed by atoms with Crippen LogP contribution in [0.2, 0.25) is 0 Å². The Morgan fingerprint density at radius 1 is 1.02 bits per heavy atom. The molecule has 12 nitrogen and oxygen atoms in total. The topological polar surface area (TPSA) is 207 Å². The number of esters is 1. The smallest absolute Gasteiger partial charge is 0.331 e. The van der Waals surface area contributed by atoms with Crippen LogP contribution in [0.15, 0.2) is 11.6 Å². The molecule has 6 rings (SSSR count). The molecule has 0 spiro atoms. The summed E-state index contributed by atoms with van der Waals surface area (Å²) in [6.45, 7) is 3.00. The third-order valence-corrected chi connectivity index (χ3v) is 12.2. The first-order valence-corrected chi connectivity index (χ1v) is 14.9. The summed E-state index contributed by atoms with van der Waals surface area (Å²) in [7, 11) is 0. The first-order valence-electron chi connectivity index (χ1n) is 14.9. The van der Waals surface area contributed by atoms with Crippen molar-refractivity contribution in [1.29, 1.82) is 0 Å². The summed E-state index contributed by atoms with van der Waals surface area (Å²) in [6, 6.07) is 0. The van der Waals surface area contributed by atoms with Crippen LogP contribution < -0.4 is 0 Å². The Morgan fingerprint density at radius 2 is 1.76 bits per heavy atom. The zero-order valence-corrected chi connectivity index (χ0v) is 23.5. The van der Waals surface area contributed by atoms with Crippen LogP contribution in [0.5, 0.6) is 0 Å². The summed E-state index contributed by atoms with van der Waals surface area (Å²) in [5.41, 5.74) is -4.46. The SMILES string of the molecule is C[C@H]1O[C@@H](O[C@H]2C[C@@H](O)[C@]3(CO)C4C(O)C[C@]5(C)[C@@H](C6=CC(=O)OC6)CC[C@]5(O)C4CC[C@]3(O)C2)[C@@H](O)[C@@H](O)[C@H]1O. The molecule has 41 heavy (non-hydrogen) atoms. The van der Waals surface area contributed by atoms with Crippen molar-refractivity contribution in [3.63, 3.8) is 0 Å². The quantitative estimate of drug-likeness (QED) is 0.140. The van der Waals surface area contributed by atoms with Gasteiger partial charge in [-0.3, -0.25) is 0 Å². The van der Waals surface area contributed by atoms with E-state index in [2.05, 4.69) is 0 Å². The van der Waals surface area contributed by atoms with Crippen LogP contribution in [0.4, 0.5) is 0 Å². The van der Waals surface area contributed by atoms with E-state index in [4.69, 9.17) is 14.2 Å². The zero-order chi connectivity index (χ0) is 29.7. The lowest BCUT2D eigenvalue weighted by Gasteiger charge is -2.68. The van der Waals surface area contributed by atoms with Crippen molar-refractivity contribution >= 4 is 5.97 Å². The van der Waals surface area contributed by atoms with E-state index < -0.39 is 95.5 Å². The van der Waals surface area contributed by atoms with Gasteiger partial charge in [-0.25, -0.2) is 4.79 Å². The largest absolute Gasteiger partial charge is 0.458 e. The van der Waals surface area contributed by atoms with Gasteiger partial charge in [0, 0.05) is 30.3 Å². The van der Waals surface area contributed by atoms with Crippen LogP contribution >= 0.6 is 0 Å². The molecule has 0 aromatic heterocycles. The summed E-state index contributed by atoms with van der Waals surface area (Å²) >= 11 is 0. The van der Waals surface area contributed by atoms with Crippen molar-refractivity contribution in [2.45, 2.75) is 119 Å². The second kappa shape index (κ2) is 9.91. The average Bonchev–Trinajstić information content (AvgIpc) is 3.45. The van der Waals surface area contributed by atoms with Crippen LogP contribution in [0.25, 0.3) is 0 Å². The number of hydrogen-bond acceptors (Lipinski definition) is 12. The van der Waals surface area contributed by atoms with Gasteiger partial charge in [-0.1, -0.05) is 6.92 Å². The Morgan fingerprint density at radius 3 is 2.41 bits per heavy atom. The highest BCUT2D eigenvalue weighted by molar-refractivity contribution is 5.85. The molecule has 12 heteroatoms. The Balaban J connectivity index is 1.28. The Bertz CT molecular complexity index is 1080. The van der Waals surface area contributed by atoms with Gasteiger partial charge in [-0.2, -0.15) is 0 Å². The number of cyclic esters (lactones) is 1. The summed E-state index contributed by atoms with van der Waals surface area (Å²) in [4.78, 5) is 11.8. The van der Waals surface area contributed by atoms with Gasteiger partial charge < -0.3 is 55.1 Å². The molecular formula is C29H44O12. The van der Waals surface area contributed by atoms with E-state index in [0.717, 1.165) is 5.57 Å². The number of carbonyl (C=O) groups excluding carboxylic acids is 1. The van der Waals surface area contributed by atoms with Crippen molar-refractivity contribution in [2.75, 3.05) is 13.2 Å².